The molecule has 0 heterocycles. The highest BCUT2D eigenvalue weighted by Crippen LogP contribution is 2.22. The summed E-state index contributed by atoms with van der Waals surface area (Å²) in [5.74, 6) is 0. The molecule has 0 atom stereocenters. The minimum Gasteiger partial charge on any atom is -0.392 e. The quantitative estimate of drug-likeness (QED) is 0.882. The van der Waals surface area contributed by atoms with Crippen LogP contribution in [0.25, 0.3) is 0 Å². The van der Waals surface area contributed by atoms with Crippen LogP contribution in [0, 0.1) is 0 Å². The molecule has 0 aliphatic heterocycles. The largest absolute Gasteiger partial charge is 0.392 e. The Hall–Kier alpha value is -1.03. The summed E-state index contributed by atoms with van der Waals surface area (Å²) in [5, 5.41) is 13.0. The van der Waals surface area contributed by atoms with Crippen LogP contribution in [0.3, 0.4) is 0 Å². The summed E-state index contributed by atoms with van der Waals surface area (Å²) in [7, 11) is 0. The van der Waals surface area contributed by atoms with E-state index in [4.69, 9.17) is 16.7 Å². The molecule has 94 valence electrons. The minimum absolute atomic E-state index is 0.0672. The first-order chi connectivity index (χ1) is 8.69. The zero-order valence-corrected chi connectivity index (χ0v) is 12.0. The van der Waals surface area contributed by atoms with Gasteiger partial charge in [0.25, 0.3) is 0 Å². The van der Waals surface area contributed by atoms with Crippen LogP contribution < -0.4 is 5.32 Å². The molecule has 18 heavy (non-hydrogen) atoms. The van der Waals surface area contributed by atoms with Crippen molar-refractivity contribution in [2.24, 2.45) is 0 Å². The Bertz CT molecular complexity index is 528. The normalized spacial score (nSPS) is 10.4. The first-order valence-corrected chi connectivity index (χ1v) is 6.74. The summed E-state index contributed by atoms with van der Waals surface area (Å²) in [6.07, 6.45) is 0. The molecule has 0 unspecified atom stereocenters. The van der Waals surface area contributed by atoms with Gasteiger partial charge in [-0.3, -0.25) is 0 Å². The molecule has 0 aromatic heterocycles. The lowest BCUT2D eigenvalue weighted by atomic mass is 10.2. The lowest BCUT2D eigenvalue weighted by Crippen LogP contribution is -2.00. The third-order valence-corrected chi connectivity index (χ3v) is 3.49. The maximum atomic E-state index is 8.96. The Kier molecular flexibility index (Phi) is 4.64. The predicted molar refractivity (Wildman–Crippen MR) is 78.8 cm³/mol. The van der Waals surface area contributed by atoms with Gasteiger partial charge >= 0.3 is 0 Å². The third-order valence-electron chi connectivity index (χ3n) is 2.63. The molecule has 0 aliphatic rings. The SMILES string of the molecule is OCc1ccc(NCc2cc(Br)ccc2Cl)cc1. The molecule has 0 saturated heterocycles. The summed E-state index contributed by atoms with van der Waals surface area (Å²) in [6.45, 7) is 0.731. The van der Waals surface area contributed by atoms with Crippen LogP contribution in [0.5, 0.6) is 0 Å². The number of anilines is 1. The maximum Gasteiger partial charge on any atom is 0.0681 e. The smallest absolute Gasteiger partial charge is 0.0681 e. The number of rotatable bonds is 4. The van der Waals surface area contributed by atoms with E-state index in [1.165, 1.54) is 0 Å². The van der Waals surface area contributed by atoms with Gasteiger partial charge < -0.3 is 10.4 Å². The molecule has 2 aromatic carbocycles. The molecule has 0 radical (unpaired) electrons. The van der Waals surface area contributed by atoms with Crippen molar-refractivity contribution in [3.05, 3.63) is 63.1 Å². The molecule has 2 aromatic rings. The number of hydrogen-bond acceptors (Lipinski definition) is 2. The van der Waals surface area contributed by atoms with E-state index in [1.807, 2.05) is 42.5 Å². The topological polar surface area (TPSA) is 32.3 Å². The number of aliphatic hydroxyl groups excluding tert-OH is 1. The van der Waals surface area contributed by atoms with E-state index < -0.39 is 0 Å². The fourth-order valence-corrected chi connectivity index (χ4v) is 2.20. The molecular weight excluding hydrogens is 314 g/mol. The Balaban J connectivity index is 2.04. The maximum absolute atomic E-state index is 8.96. The highest BCUT2D eigenvalue weighted by atomic mass is 79.9. The predicted octanol–water partition coefficient (Wildman–Crippen LogP) is 4.21. The fraction of sp³-hybridized carbons (Fsp3) is 0.143. The van der Waals surface area contributed by atoms with Crippen molar-refractivity contribution in [1.82, 2.24) is 0 Å². The van der Waals surface area contributed by atoms with Crippen LogP contribution in [0.2, 0.25) is 5.02 Å². The van der Waals surface area contributed by atoms with Crippen molar-refractivity contribution >= 4 is 33.2 Å². The first kappa shape index (κ1) is 13.4. The monoisotopic (exact) mass is 325 g/mol. The van der Waals surface area contributed by atoms with Gasteiger partial charge in [0.15, 0.2) is 0 Å². The molecule has 2 nitrogen and oxygen atoms in total. The Morgan fingerprint density at radius 2 is 1.83 bits per heavy atom. The van der Waals surface area contributed by atoms with Gasteiger partial charge in [-0.05, 0) is 41.5 Å². The second-order valence-corrected chi connectivity index (χ2v) is 5.27. The zero-order chi connectivity index (χ0) is 13.0. The second-order valence-electron chi connectivity index (χ2n) is 3.94. The molecule has 0 aliphatic carbocycles. The van der Waals surface area contributed by atoms with Crippen LogP contribution in [0.15, 0.2) is 46.9 Å². The average Bonchev–Trinajstić information content (AvgIpc) is 2.40. The van der Waals surface area contributed by atoms with Crippen LogP contribution in [0.4, 0.5) is 5.69 Å². The van der Waals surface area contributed by atoms with Crippen molar-refractivity contribution in [2.45, 2.75) is 13.2 Å². The van der Waals surface area contributed by atoms with Gasteiger partial charge in [0.05, 0.1) is 6.61 Å². The highest BCUT2D eigenvalue weighted by Gasteiger charge is 2.01. The molecule has 0 bridgehead atoms. The standard InChI is InChI=1S/C14H13BrClNO/c15-12-3-6-14(16)11(7-12)8-17-13-4-1-10(9-18)2-5-13/h1-7,17-18H,8-9H2. The van der Waals surface area contributed by atoms with E-state index in [9.17, 15) is 0 Å². The van der Waals surface area contributed by atoms with Gasteiger partial charge in [-0.25, -0.2) is 0 Å². The van der Waals surface area contributed by atoms with Crippen molar-refractivity contribution in [3.8, 4) is 0 Å². The van der Waals surface area contributed by atoms with Crippen molar-refractivity contribution in [1.29, 1.82) is 0 Å². The van der Waals surface area contributed by atoms with Crippen molar-refractivity contribution < 1.29 is 5.11 Å². The molecule has 0 amide bonds. The summed E-state index contributed by atoms with van der Waals surface area (Å²) >= 11 is 9.54. The third kappa shape index (κ3) is 3.48. The van der Waals surface area contributed by atoms with E-state index in [0.717, 1.165) is 26.3 Å². The molecule has 0 fully saturated rings. The van der Waals surface area contributed by atoms with Crippen molar-refractivity contribution in [3.63, 3.8) is 0 Å². The summed E-state index contributed by atoms with van der Waals surface area (Å²) in [5.41, 5.74) is 2.95. The Morgan fingerprint density at radius 1 is 1.11 bits per heavy atom. The summed E-state index contributed by atoms with van der Waals surface area (Å²) < 4.78 is 1.01. The number of hydrogen-bond donors (Lipinski definition) is 2. The lowest BCUT2D eigenvalue weighted by molar-refractivity contribution is 0.282. The lowest BCUT2D eigenvalue weighted by Gasteiger charge is -2.09. The fourth-order valence-electron chi connectivity index (χ4n) is 1.60. The Labute approximate surface area is 120 Å². The average molecular weight is 327 g/mol. The number of halogens is 2. The first-order valence-electron chi connectivity index (χ1n) is 5.56. The van der Waals surface area contributed by atoms with Gasteiger partial charge in [0, 0.05) is 21.7 Å². The van der Waals surface area contributed by atoms with Gasteiger partial charge in [0.2, 0.25) is 0 Å². The number of nitrogens with one attached hydrogen (secondary N) is 1. The van der Waals surface area contributed by atoms with Gasteiger partial charge in [0.1, 0.15) is 0 Å². The zero-order valence-electron chi connectivity index (χ0n) is 9.66. The van der Waals surface area contributed by atoms with Crippen LogP contribution in [-0.2, 0) is 13.2 Å². The summed E-state index contributed by atoms with van der Waals surface area (Å²) in [6, 6.07) is 13.5. The van der Waals surface area contributed by atoms with E-state index in [1.54, 1.807) is 0 Å². The number of aliphatic hydroxyl groups is 1. The van der Waals surface area contributed by atoms with Gasteiger partial charge in [-0.2, -0.15) is 0 Å². The van der Waals surface area contributed by atoms with Crippen LogP contribution >= 0.6 is 27.5 Å². The van der Waals surface area contributed by atoms with Gasteiger partial charge in [-0.15, -0.1) is 0 Å². The summed E-state index contributed by atoms with van der Waals surface area (Å²) in [4.78, 5) is 0. The number of benzene rings is 2. The van der Waals surface area contributed by atoms with Crippen LogP contribution in [-0.4, -0.2) is 5.11 Å². The molecule has 4 heteroatoms. The minimum atomic E-state index is 0.0672. The van der Waals surface area contributed by atoms with Crippen molar-refractivity contribution in [2.75, 3.05) is 5.32 Å². The highest BCUT2D eigenvalue weighted by molar-refractivity contribution is 9.10. The molecular formula is C14H13BrClNO. The van der Waals surface area contributed by atoms with Gasteiger partial charge in [-0.1, -0.05) is 39.7 Å². The second kappa shape index (κ2) is 6.23. The molecule has 2 rings (SSSR count). The van der Waals surface area contributed by atoms with E-state index >= 15 is 0 Å². The van der Waals surface area contributed by atoms with E-state index in [2.05, 4.69) is 21.2 Å². The molecule has 2 N–H and O–H groups in total. The van der Waals surface area contributed by atoms with Crippen LogP contribution in [0.1, 0.15) is 11.1 Å². The van der Waals surface area contributed by atoms with E-state index in [0.29, 0.717) is 6.54 Å². The molecule has 0 saturated carbocycles. The molecule has 0 spiro atoms. The van der Waals surface area contributed by atoms with E-state index in [-0.39, 0.29) is 6.61 Å². The Morgan fingerprint density at radius 3 is 2.50 bits per heavy atom.